The predicted molar refractivity (Wildman–Crippen MR) is 83.2 cm³/mol. The second-order valence-corrected chi connectivity index (χ2v) is 6.10. The maximum absolute atomic E-state index is 12.1. The lowest BCUT2D eigenvalue weighted by Gasteiger charge is -2.37. The van der Waals surface area contributed by atoms with Gasteiger partial charge in [0.25, 0.3) is 5.56 Å². The second-order valence-electron chi connectivity index (χ2n) is 6.10. The summed E-state index contributed by atoms with van der Waals surface area (Å²) in [4.78, 5) is 40.0. The highest BCUT2D eigenvalue weighted by Crippen LogP contribution is 2.31. The molecule has 0 unspecified atom stereocenters. The SMILES string of the molecule is Cn1c(N2CCN(C(=O)C3CC3)CC2)c(C#N)c(=O)n(C)c1=O. The molecule has 0 radical (unpaired) electrons. The second kappa shape index (κ2) is 5.57. The molecule has 1 amide bonds. The summed E-state index contributed by atoms with van der Waals surface area (Å²) >= 11 is 0. The molecule has 1 saturated heterocycles. The number of piperazine rings is 1. The van der Waals surface area contributed by atoms with Crippen LogP contribution in [-0.2, 0) is 18.9 Å². The molecule has 0 atom stereocenters. The average molecular weight is 317 g/mol. The highest BCUT2D eigenvalue weighted by Gasteiger charge is 2.35. The zero-order chi connectivity index (χ0) is 16.7. The van der Waals surface area contributed by atoms with E-state index in [1.165, 1.54) is 11.6 Å². The minimum absolute atomic E-state index is 0.0310. The quantitative estimate of drug-likeness (QED) is 0.699. The molecule has 0 bridgehead atoms. The lowest BCUT2D eigenvalue weighted by atomic mass is 10.2. The summed E-state index contributed by atoms with van der Waals surface area (Å²) < 4.78 is 2.27. The monoisotopic (exact) mass is 317 g/mol. The third-order valence-electron chi connectivity index (χ3n) is 4.56. The third kappa shape index (κ3) is 2.52. The van der Waals surface area contributed by atoms with E-state index in [1.54, 1.807) is 7.05 Å². The number of carbonyl (C=O) groups is 1. The summed E-state index contributed by atoms with van der Waals surface area (Å²) in [6.07, 6.45) is 1.95. The van der Waals surface area contributed by atoms with E-state index < -0.39 is 11.2 Å². The van der Waals surface area contributed by atoms with Crippen molar-refractivity contribution >= 4 is 11.7 Å². The topological polar surface area (TPSA) is 91.3 Å². The van der Waals surface area contributed by atoms with E-state index in [9.17, 15) is 19.6 Å². The largest absolute Gasteiger partial charge is 0.353 e. The van der Waals surface area contributed by atoms with Gasteiger partial charge in [0, 0.05) is 46.2 Å². The fraction of sp³-hybridized carbons (Fsp3) is 0.600. The van der Waals surface area contributed by atoms with Crippen molar-refractivity contribution in [1.29, 1.82) is 5.26 Å². The summed E-state index contributed by atoms with van der Waals surface area (Å²) in [5, 5.41) is 9.32. The van der Waals surface area contributed by atoms with Crippen LogP contribution in [0.25, 0.3) is 0 Å². The number of aromatic nitrogens is 2. The molecule has 3 rings (SSSR count). The fourth-order valence-electron chi connectivity index (χ4n) is 3.03. The van der Waals surface area contributed by atoms with E-state index in [1.807, 2.05) is 15.9 Å². The molecular weight excluding hydrogens is 298 g/mol. The summed E-state index contributed by atoms with van der Waals surface area (Å²) in [7, 11) is 2.92. The third-order valence-corrected chi connectivity index (χ3v) is 4.56. The minimum Gasteiger partial charge on any atom is -0.353 e. The first-order valence-electron chi connectivity index (χ1n) is 7.69. The smallest absolute Gasteiger partial charge is 0.332 e. The van der Waals surface area contributed by atoms with Crippen LogP contribution in [-0.4, -0.2) is 46.1 Å². The van der Waals surface area contributed by atoms with Gasteiger partial charge in [-0.15, -0.1) is 0 Å². The van der Waals surface area contributed by atoms with Gasteiger partial charge in [0.1, 0.15) is 11.9 Å². The molecule has 1 aromatic rings. The van der Waals surface area contributed by atoms with Gasteiger partial charge in [-0.3, -0.25) is 18.7 Å². The van der Waals surface area contributed by atoms with Crippen LogP contribution in [0.4, 0.5) is 5.82 Å². The lowest BCUT2D eigenvalue weighted by molar-refractivity contribution is -0.132. The Balaban J connectivity index is 1.89. The first-order valence-corrected chi connectivity index (χ1v) is 7.69. The van der Waals surface area contributed by atoms with Crippen molar-refractivity contribution in [3.63, 3.8) is 0 Å². The van der Waals surface area contributed by atoms with Gasteiger partial charge in [0.15, 0.2) is 5.56 Å². The number of rotatable bonds is 2. The van der Waals surface area contributed by atoms with E-state index in [4.69, 9.17) is 0 Å². The van der Waals surface area contributed by atoms with Crippen molar-refractivity contribution in [2.24, 2.45) is 20.0 Å². The standard InChI is InChI=1S/C15H19N5O3/c1-17-12(11(9-16)14(22)18(2)15(17)23)19-5-7-20(8-6-19)13(21)10-3-4-10/h10H,3-8H2,1-2H3. The predicted octanol–water partition coefficient (Wildman–Crippen LogP) is -0.986. The summed E-state index contributed by atoms with van der Waals surface area (Å²) in [6, 6.07) is 1.92. The molecule has 8 nitrogen and oxygen atoms in total. The number of nitriles is 1. The molecule has 2 fully saturated rings. The number of nitrogens with zero attached hydrogens (tertiary/aromatic N) is 5. The molecule has 1 aliphatic carbocycles. The molecule has 122 valence electrons. The van der Waals surface area contributed by atoms with Gasteiger partial charge in [-0.1, -0.05) is 0 Å². The van der Waals surface area contributed by atoms with Crippen LogP contribution in [0.3, 0.4) is 0 Å². The normalized spacial score (nSPS) is 18.0. The van der Waals surface area contributed by atoms with E-state index >= 15 is 0 Å². The van der Waals surface area contributed by atoms with Crippen LogP contribution in [0.15, 0.2) is 9.59 Å². The molecule has 2 aliphatic rings. The molecule has 0 N–H and O–H groups in total. The molecule has 23 heavy (non-hydrogen) atoms. The van der Waals surface area contributed by atoms with Crippen molar-refractivity contribution in [3.8, 4) is 6.07 Å². The first-order chi connectivity index (χ1) is 11.0. The Morgan fingerprint density at radius 3 is 2.22 bits per heavy atom. The lowest BCUT2D eigenvalue weighted by Crippen LogP contribution is -2.52. The van der Waals surface area contributed by atoms with Gasteiger partial charge in [0.05, 0.1) is 0 Å². The van der Waals surface area contributed by atoms with E-state index in [0.29, 0.717) is 32.0 Å². The van der Waals surface area contributed by atoms with Gasteiger partial charge < -0.3 is 9.80 Å². The highest BCUT2D eigenvalue weighted by molar-refractivity contribution is 5.81. The zero-order valence-corrected chi connectivity index (χ0v) is 13.3. The number of carbonyl (C=O) groups excluding carboxylic acids is 1. The fourth-order valence-corrected chi connectivity index (χ4v) is 3.03. The summed E-state index contributed by atoms with van der Waals surface area (Å²) in [5.74, 6) is 0.728. The Hall–Kier alpha value is -2.56. The van der Waals surface area contributed by atoms with Crippen molar-refractivity contribution in [2.45, 2.75) is 12.8 Å². The average Bonchev–Trinajstić information content (AvgIpc) is 3.40. The number of anilines is 1. The number of hydrogen-bond acceptors (Lipinski definition) is 5. The Morgan fingerprint density at radius 1 is 1.09 bits per heavy atom. The highest BCUT2D eigenvalue weighted by atomic mass is 16.2. The molecular formula is C15H19N5O3. The van der Waals surface area contributed by atoms with Crippen molar-refractivity contribution < 1.29 is 4.79 Å². The summed E-state index contributed by atoms with van der Waals surface area (Å²) in [6.45, 7) is 2.11. The first kappa shape index (κ1) is 15.3. The van der Waals surface area contributed by atoms with Gasteiger partial charge in [0.2, 0.25) is 5.91 Å². The molecule has 8 heteroatoms. The van der Waals surface area contributed by atoms with Crippen molar-refractivity contribution in [2.75, 3.05) is 31.1 Å². The Kier molecular flexibility index (Phi) is 3.72. The molecule has 1 aliphatic heterocycles. The minimum atomic E-state index is -0.581. The van der Waals surface area contributed by atoms with Gasteiger partial charge >= 0.3 is 5.69 Å². The Morgan fingerprint density at radius 2 is 1.70 bits per heavy atom. The molecule has 1 saturated carbocycles. The number of hydrogen-bond donors (Lipinski definition) is 0. The van der Waals surface area contributed by atoms with E-state index in [0.717, 1.165) is 17.4 Å². The Labute approximate surface area is 133 Å². The van der Waals surface area contributed by atoms with Crippen LogP contribution in [0.5, 0.6) is 0 Å². The van der Waals surface area contributed by atoms with Crippen LogP contribution in [0.2, 0.25) is 0 Å². The summed E-state index contributed by atoms with van der Waals surface area (Å²) in [5.41, 5.74) is -1.07. The van der Waals surface area contributed by atoms with E-state index in [-0.39, 0.29) is 17.4 Å². The maximum Gasteiger partial charge on any atom is 0.332 e. The van der Waals surface area contributed by atoms with Crippen molar-refractivity contribution in [3.05, 3.63) is 26.4 Å². The van der Waals surface area contributed by atoms with Crippen LogP contribution in [0, 0.1) is 17.2 Å². The van der Waals surface area contributed by atoms with Crippen LogP contribution < -0.4 is 16.1 Å². The molecule has 0 aromatic carbocycles. The van der Waals surface area contributed by atoms with Gasteiger partial charge in [-0.05, 0) is 12.8 Å². The van der Waals surface area contributed by atoms with E-state index in [2.05, 4.69) is 0 Å². The molecule has 0 spiro atoms. The van der Waals surface area contributed by atoms with Gasteiger partial charge in [-0.25, -0.2) is 4.79 Å². The molecule has 1 aromatic heterocycles. The maximum atomic E-state index is 12.1. The zero-order valence-electron chi connectivity index (χ0n) is 13.3. The molecule has 2 heterocycles. The number of amides is 1. The van der Waals surface area contributed by atoms with Crippen LogP contribution >= 0.6 is 0 Å². The van der Waals surface area contributed by atoms with Crippen LogP contribution in [0.1, 0.15) is 18.4 Å². The van der Waals surface area contributed by atoms with Crippen molar-refractivity contribution in [1.82, 2.24) is 14.0 Å². The van der Waals surface area contributed by atoms with Gasteiger partial charge in [-0.2, -0.15) is 5.26 Å². The Bertz CT molecular complexity index is 804.